The zero-order chi connectivity index (χ0) is 20.8. The van der Waals surface area contributed by atoms with Crippen LogP contribution in [0.15, 0.2) is 28.6 Å². The summed E-state index contributed by atoms with van der Waals surface area (Å²) in [7, 11) is 0. The van der Waals surface area contributed by atoms with Crippen molar-refractivity contribution in [3.63, 3.8) is 0 Å². The number of nitrogens with zero attached hydrogens (tertiary/aromatic N) is 4. The van der Waals surface area contributed by atoms with E-state index in [4.69, 9.17) is 14.5 Å². The molecule has 1 N–H and O–H groups in total. The fraction of sp³-hybridized carbons (Fsp3) is 0.545. The lowest BCUT2D eigenvalue weighted by Crippen LogP contribution is -2.52. The van der Waals surface area contributed by atoms with Gasteiger partial charge in [0.25, 0.3) is 0 Å². The third-order valence-electron chi connectivity index (χ3n) is 5.33. The number of ether oxygens (including phenoxy) is 2. The molecule has 1 fully saturated rings. The van der Waals surface area contributed by atoms with Crippen molar-refractivity contribution in [2.24, 2.45) is 4.99 Å². The van der Waals surface area contributed by atoms with Gasteiger partial charge in [-0.3, -0.25) is 9.89 Å². The van der Waals surface area contributed by atoms with Gasteiger partial charge < -0.3 is 19.7 Å². The number of benzene rings is 1. The lowest BCUT2D eigenvalue weighted by atomic mass is 10.1. The number of hydrogen-bond acceptors (Lipinski definition) is 6. The first-order chi connectivity index (χ1) is 14.7. The number of guanidine groups is 1. The molecule has 3 heterocycles. The normalized spacial score (nSPS) is 16.3. The Kier molecular flexibility index (Phi) is 9.21. The molecule has 1 aromatic heterocycles. The third kappa shape index (κ3) is 6.69. The first-order valence-corrected chi connectivity index (χ1v) is 11.6. The second-order valence-electron chi connectivity index (χ2n) is 7.67. The predicted molar refractivity (Wildman–Crippen MR) is 136 cm³/mol. The number of aryl methyl sites for hydroxylation is 2. The molecule has 2 aromatic rings. The molecule has 2 aliphatic heterocycles. The van der Waals surface area contributed by atoms with Gasteiger partial charge in [-0.25, -0.2) is 4.98 Å². The van der Waals surface area contributed by atoms with Crippen LogP contribution in [0.2, 0.25) is 0 Å². The average molecular weight is 558 g/mol. The standard InChI is InChI=1S/C22H31N5O2S.HI/c1-3-23-22(24-8-4-5-21-25-17(2)15-30-21)27-11-9-26(10-12-27)14-18-6-7-19-20(13-18)29-16-28-19;/h6-7,13,15H,3-5,8-12,14,16H2,1-2H3,(H,23,24);1H. The number of rotatable bonds is 7. The maximum Gasteiger partial charge on any atom is 0.231 e. The number of piperazine rings is 1. The number of nitrogens with one attached hydrogen (secondary N) is 1. The van der Waals surface area contributed by atoms with E-state index in [1.54, 1.807) is 11.3 Å². The highest BCUT2D eigenvalue weighted by Gasteiger charge is 2.20. The van der Waals surface area contributed by atoms with E-state index in [0.717, 1.165) is 81.8 Å². The summed E-state index contributed by atoms with van der Waals surface area (Å²) in [6.07, 6.45) is 2.04. The van der Waals surface area contributed by atoms with E-state index in [0.29, 0.717) is 6.79 Å². The molecule has 0 saturated carbocycles. The number of halogens is 1. The minimum atomic E-state index is 0. The number of thiazole rings is 1. The van der Waals surface area contributed by atoms with Crippen molar-refractivity contribution in [1.82, 2.24) is 20.1 Å². The molecule has 0 bridgehead atoms. The van der Waals surface area contributed by atoms with E-state index in [2.05, 4.69) is 44.5 Å². The van der Waals surface area contributed by atoms with Crippen LogP contribution in [0.3, 0.4) is 0 Å². The van der Waals surface area contributed by atoms with Gasteiger partial charge in [0.15, 0.2) is 17.5 Å². The van der Waals surface area contributed by atoms with Crippen molar-refractivity contribution in [3.8, 4) is 11.5 Å². The molecule has 4 rings (SSSR count). The van der Waals surface area contributed by atoms with Crippen molar-refractivity contribution in [2.75, 3.05) is 46.1 Å². The Morgan fingerprint density at radius 1 is 1.19 bits per heavy atom. The SMILES string of the molecule is CCNC(=NCCCc1nc(C)cs1)N1CCN(Cc2ccc3c(c2)OCO3)CC1.I. The van der Waals surface area contributed by atoms with E-state index in [1.165, 1.54) is 10.6 Å². The van der Waals surface area contributed by atoms with E-state index < -0.39 is 0 Å². The monoisotopic (exact) mass is 557 g/mol. The highest BCUT2D eigenvalue weighted by Crippen LogP contribution is 2.32. The van der Waals surface area contributed by atoms with Crippen LogP contribution in [0.1, 0.15) is 29.6 Å². The highest BCUT2D eigenvalue weighted by atomic mass is 127. The molecule has 170 valence electrons. The maximum atomic E-state index is 5.50. The fourth-order valence-electron chi connectivity index (χ4n) is 3.77. The largest absolute Gasteiger partial charge is 0.454 e. The van der Waals surface area contributed by atoms with Crippen molar-refractivity contribution in [2.45, 2.75) is 33.2 Å². The lowest BCUT2D eigenvalue weighted by Gasteiger charge is -2.36. The molecule has 0 unspecified atom stereocenters. The van der Waals surface area contributed by atoms with Gasteiger partial charge in [0.05, 0.1) is 5.01 Å². The summed E-state index contributed by atoms with van der Waals surface area (Å²) in [5, 5.41) is 6.79. The molecule has 7 nitrogen and oxygen atoms in total. The Bertz CT molecular complexity index is 867. The molecule has 0 radical (unpaired) electrons. The molecule has 31 heavy (non-hydrogen) atoms. The summed E-state index contributed by atoms with van der Waals surface area (Å²) in [4.78, 5) is 14.3. The molecule has 0 atom stereocenters. The lowest BCUT2D eigenvalue weighted by molar-refractivity contribution is 0.171. The van der Waals surface area contributed by atoms with E-state index in [-0.39, 0.29) is 24.0 Å². The second-order valence-corrected chi connectivity index (χ2v) is 8.62. The van der Waals surface area contributed by atoms with E-state index in [9.17, 15) is 0 Å². The van der Waals surface area contributed by atoms with E-state index >= 15 is 0 Å². The molecule has 2 aliphatic rings. The quantitative estimate of drug-likeness (QED) is 0.244. The average Bonchev–Trinajstić information content (AvgIpc) is 3.39. The van der Waals surface area contributed by atoms with Crippen LogP contribution in [-0.4, -0.2) is 66.8 Å². The molecule has 1 aromatic carbocycles. The van der Waals surface area contributed by atoms with Crippen LogP contribution in [0.5, 0.6) is 11.5 Å². The number of aromatic nitrogens is 1. The van der Waals surface area contributed by atoms with Crippen LogP contribution < -0.4 is 14.8 Å². The van der Waals surface area contributed by atoms with Crippen LogP contribution in [0.4, 0.5) is 0 Å². The summed E-state index contributed by atoms with van der Waals surface area (Å²) in [5.74, 6) is 2.75. The van der Waals surface area contributed by atoms with Crippen LogP contribution in [0.25, 0.3) is 0 Å². The summed E-state index contributed by atoms with van der Waals surface area (Å²) in [6.45, 7) is 11.2. The third-order valence-corrected chi connectivity index (χ3v) is 6.35. The van der Waals surface area contributed by atoms with Gasteiger partial charge in [0.1, 0.15) is 0 Å². The zero-order valence-electron chi connectivity index (χ0n) is 18.3. The maximum absolute atomic E-state index is 5.50. The van der Waals surface area contributed by atoms with Crippen LogP contribution >= 0.6 is 35.3 Å². The molecule has 0 aliphatic carbocycles. The molecular formula is C22H32IN5O2S. The number of aliphatic imine (C=N–C) groups is 1. The molecule has 0 amide bonds. The first kappa shape index (κ1) is 24.1. The molecule has 0 spiro atoms. The van der Waals surface area contributed by atoms with Crippen LogP contribution in [0, 0.1) is 6.92 Å². The molecular weight excluding hydrogens is 525 g/mol. The van der Waals surface area contributed by atoms with Gasteiger partial charge in [-0.05, 0) is 38.0 Å². The van der Waals surface area contributed by atoms with E-state index in [1.807, 2.05) is 13.0 Å². The number of hydrogen-bond donors (Lipinski definition) is 1. The zero-order valence-corrected chi connectivity index (χ0v) is 21.4. The second kappa shape index (κ2) is 11.9. The highest BCUT2D eigenvalue weighted by molar-refractivity contribution is 14.0. The topological polar surface area (TPSA) is 62.2 Å². The summed E-state index contributed by atoms with van der Waals surface area (Å²) < 4.78 is 10.9. The van der Waals surface area contributed by atoms with Gasteiger partial charge in [-0.1, -0.05) is 6.07 Å². The minimum absolute atomic E-state index is 0. The fourth-order valence-corrected chi connectivity index (χ4v) is 4.59. The van der Waals surface area contributed by atoms with Crippen molar-refractivity contribution in [3.05, 3.63) is 39.8 Å². The Morgan fingerprint density at radius 3 is 2.74 bits per heavy atom. The van der Waals surface area contributed by atoms with Gasteiger partial charge >= 0.3 is 0 Å². The van der Waals surface area contributed by atoms with Gasteiger partial charge in [-0.2, -0.15) is 0 Å². The van der Waals surface area contributed by atoms with Crippen molar-refractivity contribution >= 4 is 41.3 Å². The smallest absolute Gasteiger partial charge is 0.231 e. The Balaban J connectivity index is 0.00000272. The summed E-state index contributed by atoms with van der Waals surface area (Å²) >= 11 is 1.75. The Morgan fingerprint density at radius 2 is 2.00 bits per heavy atom. The Labute approximate surface area is 205 Å². The van der Waals surface area contributed by atoms with Gasteiger partial charge in [-0.15, -0.1) is 35.3 Å². The van der Waals surface area contributed by atoms with Gasteiger partial charge in [0, 0.05) is 63.3 Å². The van der Waals surface area contributed by atoms with Crippen molar-refractivity contribution < 1.29 is 9.47 Å². The summed E-state index contributed by atoms with van der Waals surface area (Å²) in [6, 6.07) is 6.25. The molecule has 9 heteroatoms. The minimum Gasteiger partial charge on any atom is -0.454 e. The van der Waals surface area contributed by atoms with Crippen molar-refractivity contribution in [1.29, 1.82) is 0 Å². The first-order valence-electron chi connectivity index (χ1n) is 10.8. The Hall–Kier alpha value is -1.59. The van der Waals surface area contributed by atoms with Gasteiger partial charge in [0.2, 0.25) is 6.79 Å². The molecule has 1 saturated heterocycles. The summed E-state index contributed by atoms with van der Waals surface area (Å²) in [5.41, 5.74) is 2.39. The van der Waals surface area contributed by atoms with Crippen LogP contribution in [-0.2, 0) is 13.0 Å². The number of fused-ring (bicyclic) bond motifs is 1. The predicted octanol–water partition coefficient (Wildman–Crippen LogP) is 3.51.